The van der Waals surface area contributed by atoms with Crippen LogP contribution in [0.1, 0.15) is 24.8 Å². The molecule has 0 unspecified atom stereocenters. The van der Waals surface area contributed by atoms with Gasteiger partial charge in [0.15, 0.2) is 0 Å². The van der Waals surface area contributed by atoms with Gasteiger partial charge in [-0.25, -0.2) is 0 Å². The summed E-state index contributed by atoms with van der Waals surface area (Å²) in [4.78, 5) is 14.0. The van der Waals surface area contributed by atoms with Crippen molar-refractivity contribution in [3.63, 3.8) is 0 Å². The van der Waals surface area contributed by atoms with Crippen molar-refractivity contribution in [1.82, 2.24) is 4.90 Å². The van der Waals surface area contributed by atoms with Crippen LogP contribution in [0, 0.1) is 11.3 Å². The van der Waals surface area contributed by atoms with Gasteiger partial charge in [-0.2, -0.15) is 5.26 Å². The molecule has 1 aromatic carbocycles. The van der Waals surface area contributed by atoms with Crippen LogP contribution in [-0.2, 0) is 4.79 Å². The second-order valence-corrected chi connectivity index (χ2v) is 4.80. The van der Waals surface area contributed by atoms with E-state index in [0.29, 0.717) is 0 Å². The molecule has 1 saturated heterocycles. The highest BCUT2D eigenvalue weighted by Crippen LogP contribution is 2.16. The summed E-state index contributed by atoms with van der Waals surface area (Å²) in [6, 6.07) is 9.30. The minimum absolute atomic E-state index is 0.164. The monoisotopic (exact) mass is 270 g/mol. The van der Waals surface area contributed by atoms with Gasteiger partial charge in [0, 0.05) is 13.1 Å². The third kappa shape index (κ3) is 3.39. The predicted octanol–water partition coefficient (Wildman–Crippen LogP) is 2.61. The van der Waals surface area contributed by atoms with Crippen molar-refractivity contribution in [2.24, 2.45) is 0 Å². The van der Waals surface area contributed by atoms with Crippen LogP contribution in [-0.4, -0.2) is 31.0 Å². The first-order valence-electron chi connectivity index (χ1n) is 6.79. The summed E-state index contributed by atoms with van der Waals surface area (Å²) in [6.07, 6.45) is 4.84. The maximum absolute atomic E-state index is 12.3. The fourth-order valence-electron chi connectivity index (χ4n) is 2.28. The lowest BCUT2D eigenvalue weighted by atomic mass is 10.1. The maximum Gasteiger partial charge on any atom is 0.264 e. The molecular formula is C16H18N2O2. The number of benzene rings is 1. The van der Waals surface area contributed by atoms with Gasteiger partial charge < -0.3 is 9.64 Å². The SMILES string of the molecule is COc1ccc(/C=C(\C#N)C(=O)N2CCCCC2)cc1. The molecule has 4 nitrogen and oxygen atoms in total. The first-order valence-corrected chi connectivity index (χ1v) is 6.79. The third-order valence-corrected chi connectivity index (χ3v) is 3.42. The summed E-state index contributed by atoms with van der Waals surface area (Å²) >= 11 is 0. The fraction of sp³-hybridized carbons (Fsp3) is 0.375. The zero-order valence-corrected chi connectivity index (χ0v) is 11.6. The Morgan fingerprint density at radius 2 is 1.90 bits per heavy atom. The number of amides is 1. The van der Waals surface area contributed by atoms with Crippen LogP contribution in [0.2, 0.25) is 0 Å². The number of carbonyl (C=O) groups excluding carboxylic acids is 1. The minimum Gasteiger partial charge on any atom is -0.497 e. The quantitative estimate of drug-likeness (QED) is 0.626. The maximum atomic E-state index is 12.3. The molecule has 2 rings (SSSR count). The lowest BCUT2D eigenvalue weighted by Gasteiger charge is -2.26. The Morgan fingerprint density at radius 3 is 2.45 bits per heavy atom. The average Bonchev–Trinajstić information content (AvgIpc) is 2.53. The molecule has 1 aliphatic rings. The van der Waals surface area contributed by atoms with Gasteiger partial charge in [0.05, 0.1) is 7.11 Å². The number of carbonyl (C=O) groups is 1. The summed E-state index contributed by atoms with van der Waals surface area (Å²) in [5.41, 5.74) is 1.02. The second-order valence-electron chi connectivity index (χ2n) is 4.80. The van der Waals surface area contributed by atoms with E-state index in [1.807, 2.05) is 30.3 Å². The molecule has 0 radical (unpaired) electrons. The van der Waals surface area contributed by atoms with Crippen LogP contribution in [0.25, 0.3) is 6.08 Å². The van der Waals surface area contributed by atoms with Gasteiger partial charge in [-0.15, -0.1) is 0 Å². The molecule has 1 aromatic rings. The molecule has 0 aromatic heterocycles. The molecule has 0 atom stereocenters. The second kappa shape index (κ2) is 6.76. The molecule has 0 N–H and O–H groups in total. The number of hydrogen-bond acceptors (Lipinski definition) is 3. The highest BCUT2D eigenvalue weighted by Gasteiger charge is 2.20. The Morgan fingerprint density at radius 1 is 1.25 bits per heavy atom. The van der Waals surface area contributed by atoms with Gasteiger partial charge in [-0.3, -0.25) is 4.79 Å². The van der Waals surface area contributed by atoms with Gasteiger partial charge in [-0.1, -0.05) is 12.1 Å². The summed E-state index contributed by atoms with van der Waals surface area (Å²) in [5, 5.41) is 9.20. The highest BCUT2D eigenvalue weighted by molar-refractivity contribution is 6.01. The molecule has 1 fully saturated rings. The molecule has 0 aliphatic carbocycles. The molecule has 1 amide bonds. The van der Waals surface area contributed by atoms with E-state index >= 15 is 0 Å². The lowest BCUT2D eigenvalue weighted by Crippen LogP contribution is -2.36. The number of ether oxygens (including phenoxy) is 1. The van der Waals surface area contributed by atoms with Crippen molar-refractivity contribution in [3.8, 4) is 11.8 Å². The number of hydrogen-bond donors (Lipinski definition) is 0. The fourth-order valence-corrected chi connectivity index (χ4v) is 2.28. The van der Waals surface area contributed by atoms with Gasteiger partial charge in [0.25, 0.3) is 5.91 Å². The Labute approximate surface area is 119 Å². The van der Waals surface area contributed by atoms with E-state index in [4.69, 9.17) is 4.74 Å². The van der Waals surface area contributed by atoms with Crippen molar-refractivity contribution in [2.45, 2.75) is 19.3 Å². The van der Waals surface area contributed by atoms with E-state index in [1.165, 1.54) is 0 Å². The van der Waals surface area contributed by atoms with Gasteiger partial charge in [0.1, 0.15) is 17.4 Å². The third-order valence-electron chi connectivity index (χ3n) is 3.42. The highest BCUT2D eigenvalue weighted by atomic mass is 16.5. The van der Waals surface area contributed by atoms with Crippen LogP contribution in [0.15, 0.2) is 29.8 Å². The van der Waals surface area contributed by atoms with Crippen LogP contribution >= 0.6 is 0 Å². The van der Waals surface area contributed by atoms with E-state index in [-0.39, 0.29) is 11.5 Å². The molecule has 1 aliphatic heterocycles. The summed E-state index contributed by atoms with van der Waals surface area (Å²) < 4.78 is 5.08. The molecule has 4 heteroatoms. The van der Waals surface area contributed by atoms with Crippen LogP contribution in [0.4, 0.5) is 0 Å². The standard InChI is InChI=1S/C16H18N2O2/c1-20-15-7-5-13(6-8-15)11-14(12-17)16(19)18-9-3-2-4-10-18/h5-8,11H,2-4,9-10H2,1H3/b14-11+. The average molecular weight is 270 g/mol. The topological polar surface area (TPSA) is 53.3 Å². The zero-order chi connectivity index (χ0) is 14.4. The normalized spacial score (nSPS) is 15.6. The summed E-state index contributed by atoms with van der Waals surface area (Å²) in [7, 11) is 1.60. The van der Waals surface area contributed by atoms with E-state index in [9.17, 15) is 10.1 Å². The summed E-state index contributed by atoms with van der Waals surface area (Å²) in [6.45, 7) is 1.50. The number of rotatable bonds is 3. The molecule has 20 heavy (non-hydrogen) atoms. The van der Waals surface area contributed by atoms with Crippen molar-refractivity contribution in [3.05, 3.63) is 35.4 Å². The number of nitriles is 1. The van der Waals surface area contributed by atoms with E-state index in [1.54, 1.807) is 18.1 Å². The van der Waals surface area contributed by atoms with Gasteiger partial charge in [0.2, 0.25) is 0 Å². The largest absolute Gasteiger partial charge is 0.497 e. The Kier molecular flexibility index (Phi) is 4.78. The zero-order valence-electron chi connectivity index (χ0n) is 11.6. The van der Waals surface area contributed by atoms with E-state index < -0.39 is 0 Å². The predicted molar refractivity (Wildman–Crippen MR) is 77.0 cm³/mol. The van der Waals surface area contributed by atoms with Gasteiger partial charge in [-0.05, 0) is 43.0 Å². The first kappa shape index (κ1) is 14.1. The van der Waals surface area contributed by atoms with Crippen LogP contribution < -0.4 is 4.74 Å². The first-order chi connectivity index (χ1) is 9.74. The van der Waals surface area contributed by atoms with Gasteiger partial charge >= 0.3 is 0 Å². The molecule has 0 saturated carbocycles. The smallest absolute Gasteiger partial charge is 0.264 e. The van der Waals surface area contributed by atoms with Crippen LogP contribution in [0.5, 0.6) is 5.75 Å². The minimum atomic E-state index is -0.164. The number of nitrogens with zero attached hydrogens (tertiary/aromatic N) is 2. The van der Waals surface area contributed by atoms with Crippen LogP contribution in [0.3, 0.4) is 0 Å². The van der Waals surface area contributed by atoms with E-state index in [0.717, 1.165) is 43.7 Å². The lowest BCUT2D eigenvalue weighted by molar-refractivity contribution is -0.127. The van der Waals surface area contributed by atoms with Crippen molar-refractivity contribution in [2.75, 3.05) is 20.2 Å². The molecular weight excluding hydrogens is 252 g/mol. The number of likely N-dealkylation sites (tertiary alicyclic amines) is 1. The molecule has 1 heterocycles. The molecule has 104 valence electrons. The summed E-state index contributed by atoms with van der Waals surface area (Å²) in [5.74, 6) is 0.589. The Bertz CT molecular complexity index is 535. The van der Waals surface area contributed by atoms with Crippen molar-refractivity contribution in [1.29, 1.82) is 5.26 Å². The molecule has 0 bridgehead atoms. The van der Waals surface area contributed by atoms with Crippen molar-refractivity contribution >= 4 is 12.0 Å². The molecule has 0 spiro atoms. The van der Waals surface area contributed by atoms with Crippen molar-refractivity contribution < 1.29 is 9.53 Å². The Hall–Kier alpha value is -2.28. The number of piperidine rings is 1. The Balaban J connectivity index is 2.15. The number of methoxy groups -OCH3 is 1. The van der Waals surface area contributed by atoms with E-state index in [2.05, 4.69) is 0 Å².